The molecule has 0 atom stereocenters. The molecule has 0 radical (unpaired) electrons. The van der Waals surface area contributed by atoms with Crippen LogP contribution in [0.25, 0.3) is 0 Å². The van der Waals surface area contributed by atoms with Crippen LogP contribution in [0, 0.1) is 111 Å². The summed E-state index contributed by atoms with van der Waals surface area (Å²) in [4.78, 5) is 0. The van der Waals surface area contributed by atoms with Crippen molar-refractivity contribution in [1.29, 1.82) is 0 Å². The molecule has 0 saturated heterocycles. The number of benzene rings is 6. The van der Waals surface area contributed by atoms with Gasteiger partial charge in [0.1, 0.15) is 34.9 Å². The number of halogens is 12. The van der Waals surface area contributed by atoms with Crippen LogP contribution in [0.15, 0.2) is 72.8 Å². The maximum Gasteiger partial charge on any atom is 0.279 e. The first kappa shape index (κ1) is 40.6. The highest BCUT2D eigenvalue weighted by Gasteiger charge is 2.67. The molecule has 0 aliphatic heterocycles. The molecule has 0 aliphatic carbocycles. The summed E-state index contributed by atoms with van der Waals surface area (Å²) in [6.07, 6.45) is 0. The van der Waals surface area contributed by atoms with Crippen molar-refractivity contribution in [3.05, 3.63) is 176 Å². The summed E-state index contributed by atoms with van der Waals surface area (Å²) in [6.45, 7) is 9.07. The third kappa shape index (κ3) is 6.10. The van der Waals surface area contributed by atoms with E-state index in [1.807, 2.05) is 0 Å². The van der Waals surface area contributed by atoms with Crippen LogP contribution < -0.4 is 32.3 Å². The van der Waals surface area contributed by atoms with E-state index in [2.05, 4.69) is 0 Å². The first-order valence-electron chi connectivity index (χ1n) is 17.0. The van der Waals surface area contributed by atoms with Crippen molar-refractivity contribution in [2.45, 2.75) is 41.5 Å². The van der Waals surface area contributed by atoms with Gasteiger partial charge >= 0.3 is 0 Å². The molecule has 0 spiro atoms. The molecule has 0 fully saturated rings. The normalized spacial score (nSPS) is 12.1. The van der Waals surface area contributed by atoms with Crippen molar-refractivity contribution in [2.24, 2.45) is 0 Å². The predicted molar refractivity (Wildman–Crippen MR) is 197 cm³/mol. The summed E-state index contributed by atoms with van der Waals surface area (Å²) in [5, 5.41) is -0.791. The van der Waals surface area contributed by atoms with Crippen molar-refractivity contribution in [1.82, 2.24) is 0 Å². The zero-order chi connectivity index (χ0) is 41.3. The molecule has 0 aliphatic rings. The minimum Gasteiger partial charge on any atom is -0.207 e. The van der Waals surface area contributed by atoms with Gasteiger partial charge in [0.05, 0.1) is 15.9 Å². The Hall–Kier alpha value is -5.03. The Morgan fingerprint density at radius 2 is 0.464 bits per heavy atom. The molecule has 56 heavy (non-hydrogen) atoms. The van der Waals surface area contributed by atoms with Crippen LogP contribution in [-0.2, 0) is 0 Å². The smallest absolute Gasteiger partial charge is 0.207 e. The number of hydrogen-bond acceptors (Lipinski definition) is 0. The predicted octanol–water partition coefficient (Wildman–Crippen LogP) is 9.17. The van der Waals surface area contributed by atoms with Crippen LogP contribution in [0.1, 0.15) is 33.4 Å². The van der Waals surface area contributed by atoms with Gasteiger partial charge in [0.2, 0.25) is 0 Å². The van der Waals surface area contributed by atoms with Gasteiger partial charge in [-0.2, -0.15) is 0 Å². The number of rotatable bonds is 7. The van der Waals surface area contributed by atoms with Crippen LogP contribution in [0.3, 0.4) is 0 Å². The van der Waals surface area contributed by atoms with Gasteiger partial charge < -0.3 is 0 Å². The second-order valence-corrected chi connectivity index (χ2v) is 18.0. The van der Waals surface area contributed by atoms with Gasteiger partial charge in [-0.15, -0.1) is 0 Å². The Morgan fingerprint density at radius 1 is 0.286 bits per heavy atom. The van der Waals surface area contributed by atoms with Crippen LogP contribution in [0.4, 0.5) is 52.7 Å². The second-order valence-electron chi connectivity index (χ2n) is 14.2. The first-order valence-corrected chi connectivity index (χ1v) is 18.8. The van der Waals surface area contributed by atoms with Crippen molar-refractivity contribution < 1.29 is 52.7 Å². The molecule has 0 bridgehead atoms. The fourth-order valence-corrected chi connectivity index (χ4v) is 15.0. The maximum absolute atomic E-state index is 17.2. The summed E-state index contributed by atoms with van der Waals surface area (Å²) in [5.41, 5.74) is -4.63. The number of aryl methyl sites for hydroxylation is 6. The highest BCUT2D eigenvalue weighted by Crippen LogP contribution is 2.64. The van der Waals surface area contributed by atoms with Crippen molar-refractivity contribution in [2.75, 3.05) is 0 Å². The Bertz CT molecular complexity index is 2190. The molecule has 6 aromatic carbocycles. The molecule has 6 rings (SSSR count). The van der Waals surface area contributed by atoms with Gasteiger partial charge in [0, 0.05) is 18.2 Å². The zero-order valence-electron chi connectivity index (χ0n) is 30.5. The molecule has 0 aromatic heterocycles. The minimum absolute atomic E-state index is 0.264. The third-order valence-corrected chi connectivity index (χ3v) is 15.3. The lowest BCUT2D eigenvalue weighted by Gasteiger charge is -2.52. The average molecular weight is 804 g/mol. The van der Waals surface area contributed by atoms with Gasteiger partial charge in [-0.05, 0) is 118 Å². The van der Waals surface area contributed by atoms with E-state index >= 15 is 52.7 Å². The van der Waals surface area contributed by atoms with E-state index < -0.39 is 99.2 Å². The van der Waals surface area contributed by atoms with Crippen LogP contribution in [0.5, 0.6) is 0 Å². The molecule has 0 heterocycles. The van der Waals surface area contributed by atoms with Gasteiger partial charge in [0.15, 0.2) is 34.9 Å². The monoisotopic (exact) mass is 804 g/mol. The Morgan fingerprint density at radius 3 is 0.643 bits per heavy atom. The Balaban J connectivity index is 2.26. The van der Waals surface area contributed by atoms with Crippen molar-refractivity contribution in [3.63, 3.8) is 0 Å². The Kier molecular flexibility index (Phi) is 10.5. The second kappa shape index (κ2) is 14.5. The van der Waals surface area contributed by atoms with E-state index in [4.69, 9.17) is 0 Å². The quantitative estimate of drug-likeness (QED) is 0.0654. The zero-order valence-corrected chi connectivity index (χ0v) is 31.4. The molecule has 6 aromatic rings. The van der Waals surface area contributed by atoms with E-state index in [9.17, 15) is 0 Å². The standard InChI is InChI=1S/C42H30BF12P/c1-19-7-20(2)11-25(10-19)56(26-12-21(3)8-22(4)13-26,27-14-23(5)9-24(6)15-27)43(34-37(50)28(44)16-29(45)38(34)51,35-39(52)30(46)17-31(47)40(35)53)36-41(54)32(48)18-33(49)42(36)55/h7-18H,1-6H3. The topological polar surface area (TPSA) is 0 Å². The van der Waals surface area contributed by atoms with Crippen LogP contribution in [0.2, 0.25) is 0 Å². The van der Waals surface area contributed by atoms with Crippen molar-refractivity contribution >= 4 is 45.3 Å². The van der Waals surface area contributed by atoms with E-state index in [-0.39, 0.29) is 34.1 Å². The SMILES string of the molecule is Cc1cc(C)cc([P+](c2cc(C)cc(C)c2)(c2cc(C)cc(C)c2)[B-](c2c(F)c(F)cc(F)c2F)(c2c(F)c(F)cc(F)c2F)c2c(F)c(F)cc(F)c2F)c1. The van der Waals surface area contributed by atoms with Gasteiger partial charge in [-0.1, -0.05) is 34.6 Å². The molecule has 0 N–H and O–H groups in total. The molecule has 290 valence electrons. The molecule has 0 amide bonds. The van der Waals surface area contributed by atoms with E-state index in [0.717, 1.165) is 0 Å². The molecular formula is C42H30BF12P. The van der Waals surface area contributed by atoms with Crippen LogP contribution >= 0.6 is 7.14 Å². The summed E-state index contributed by atoms with van der Waals surface area (Å²) in [7, 11) is -5.28. The lowest BCUT2D eigenvalue weighted by molar-refractivity contribution is 0.456. The number of hydrogen-bond donors (Lipinski definition) is 0. The molecular weight excluding hydrogens is 774 g/mol. The van der Waals surface area contributed by atoms with E-state index in [0.29, 0.717) is 33.4 Å². The fourth-order valence-electron chi connectivity index (χ4n) is 8.47. The lowest BCUT2D eigenvalue weighted by atomic mass is 9.33. The molecule has 0 unspecified atom stereocenters. The Labute approximate surface area is 315 Å². The summed E-state index contributed by atoms with van der Waals surface area (Å²) < 4.78 is 198. The summed E-state index contributed by atoms with van der Waals surface area (Å²) in [6, 6.07) is 11.6. The highest BCUT2D eigenvalue weighted by molar-refractivity contribution is 8.26. The largest absolute Gasteiger partial charge is 0.279 e. The van der Waals surface area contributed by atoms with E-state index in [1.54, 1.807) is 18.2 Å². The van der Waals surface area contributed by atoms with Crippen LogP contribution in [-0.4, -0.2) is 5.87 Å². The lowest BCUT2D eigenvalue weighted by Crippen LogP contribution is -2.77. The molecule has 0 saturated carbocycles. The minimum atomic E-state index is -5.58. The first-order chi connectivity index (χ1) is 26.2. The van der Waals surface area contributed by atoms with Gasteiger partial charge in [-0.25, -0.2) is 52.7 Å². The highest BCUT2D eigenvalue weighted by atomic mass is 31.2. The third-order valence-electron chi connectivity index (χ3n) is 10.1. The van der Waals surface area contributed by atoms with Crippen molar-refractivity contribution in [3.8, 4) is 0 Å². The van der Waals surface area contributed by atoms with E-state index in [1.165, 1.54) is 77.9 Å². The molecule has 14 heteroatoms. The van der Waals surface area contributed by atoms with Gasteiger partial charge in [0.25, 0.3) is 5.87 Å². The summed E-state index contributed by atoms with van der Waals surface area (Å²) in [5.74, 6) is -34.3. The fraction of sp³-hybridized carbons (Fsp3) is 0.143. The summed E-state index contributed by atoms with van der Waals surface area (Å²) >= 11 is 0. The average Bonchev–Trinajstić information content (AvgIpc) is 3.08. The van der Waals surface area contributed by atoms with Gasteiger partial charge in [-0.3, -0.25) is 0 Å². The molecule has 0 nitrogen and oxygen atoms in total. The maximum atomic E-state index is 17.2.